The van der Waals surface area contributed by atoms with Gasteiger partial charge in [0.2, 0.25) is 5.91 Å². The molecule has 0 bridgehead atoms. The number of carbonyl (C=O) groups excluding carboxylic acids is 1. The maximum Gasteiger partial charge on any atom is 0.238 e. The minimum Gasteiger partial charge on any atom is -0.325 e. The van der Waals surface area contributed by atoms with Crippen molar-refractivity contribution < 1.29 is 4.79 Å². The maximum atomic E-state index is 11.8. The van der Waals surface area contributed by atoms with Crippen LogP contribution in [0.5, 0.6) is 0 Å². The van der Waals surface area contributed by atoms with Crippen LogP contribution in [0.2, 0.25) is 0 Å². The Kier molecular flexibility index (Phi) is 7.75. The van der Waals surface area contributed by atoms with E-state index in [4.69, 9.17) is 0 Å². The number of carbonyl (C=O) groups is 1. The molecule has 2 N–H and O–H groups in total. The summed E-state index contributed by atoms with van der Waals surface area (Å²) in [5.74, 6) is 0.000409. The number of unbranched alkanes of at least 4 members (excludes halogenated alkanes) is 2. The van der Waals surface area contributed by atoms with Crippen LogP contribution in [0.15, 0.2) is 28.7 Å². The third-order valence-corrected chi connectivity index (χ3v) is 3.45. The lowest BCUT2D eigenvalue weighted by Gasteiger charge is -2.13. The fraction of sp³-hybridized carbons (Fsp3) is 0.533. The Morgan fingerprint density at radius 2 is 2.16 bits per heavy atom. The first-order chi connectivity index (χ1) is 9.11. The summed E-state index contributed by atoms with van der Waals surface area (Å²) in [5.41, 5.74) is 0.819. The number of amides is 1. The average Bonchev–Trinajstić information content (AvgIpc) is 2.37. The minimum absolute atomic E-state index is 0.000409. The SMILES string of the molecule is CCCCCC(C)NCC(=O)Nc1cccc(Br)c1. The molecule has 3 nitrogen and oxygen atoms in total. The molecule has 1 unspecified atom stereocenters. The number of rotatable bonds is 8. The van der Waals surface area contributed by atoms with E-state index < -0.39 is 0 Å². The van der Waals surface area contributed by atoms with Crippen LogP contribution in [-0.4, -0.2) is 18.5 Å². The number of nitrogens with one attached hydrogen (secondary N) is 2. The molecule has 1 aromatic rings. The van der Waals surface area contributed by atoms with E-state index in [1.54, 1.807) is 0 Å². The number of hydrogen-bond donors (Lipinski definition) is 2. The summed E-state index contributed by atoms with van der Waals surface area (Å²) in [6, 6.07) is 8.00. The van der Waals surface area contributed by atoms with Crippen LogP contribution in [0.25, 0.3) is 0 Å². The van der Waals surface area contributed by atoms with Gasteiger partial charge in [0, 0.05) is 16.2 Å². The third kappa shape index (κ3) is 7.33. The highest BCUT2D eigenvalue weighted by molar-refractivity contribution is 9.10. The summed E-state index contributed by atoms with van der Waals surface area (Å²) in [6.45, 7) is 4.69. The Hall–Kier alpha value is -0.870. The van der Waals surface area contributed by atoms with Crippen molar-refractivity contribution in [3.63, 3.8) is 0 Å². The predicted octanol–water partition coefficient (Wildman–Crippen LogP) is 3.95. The first-order valence-corrected chi connectivity index (χ1v) is 7.70. The minimum atomic E-state index is 0.000409. The fourth-order valence-corrected chi connectivity index (χ4v) is 2.24. The van der Waals surface area contributed by atoms with Crippen molar-refractivity contribution in [2.75, 3.05) is 11.9 Å². The van der Waals surface area contributed by atoms with E-state index in [9.17, 15) is 4.79 Å². The molecular formula is C15H23BrN2O. The van der Waals surface area contributed by atoms with Crippen molar-refractivity contribution in [3.05, 3.63) is 28.7 Å². The molecule has 1 rings (SSSR count). The summed E-state index contributed by atoms with van der Waals surface area (Å²) >= 11 is 3.38. The van der Waals surface area contributed by atoms with Gasteiger partial charge in [-0.2, -0.15) is 0 Å². The van der Waals surface area contributed by atoms with Crippen molar-refractivity contribution in [2.24, 2.45) is 0 Å². The average molecular weight is 327 g/mol. The monoisotopic (exact) mass is 326 g/mol. The zero-order valence-electron chi connectivity index (χ0n) is 11.7. The lowest BCUT2D eigenvalue weighted by molar-refractivity contribution is -0.115. The molecule has 106 valence electrons. The predicted molar refractivity (Wildman–Crippen MR) is 84.4 cm³/mol. The summed E-state index contributed by atoms with van der Waals surface area (Å²) in [4.78, 5) is 11.8. The second kappa shape index (κ2) is 9.10. The second-order valence-electron chi connectivity index (χ2n) is 4.84. The third-order valence-electron chi connectivity index (χ3n) is 2.96. The molecule has 0 heterocycles. The van der Waals surface area contributed by atoms with Gasteiger partial charge in [-0.3, -0.25) is 4.79 Å². The van der Waals surface area contributed by atoms with Gasteiger partial charge in [-0.15, -0.1) is 0 Å². The number of hydrogen-bond acceptors (Lipinski definition) is 2. The number of halogens is 1. The molecule has 0 spiro atoms. The Bertz CT molecular complexity index is 395. The molecular weight excluding hydrogens is 304 g/mol. The lowest BCUT2D eigenvalue weighted by Crippen LogP contribution is -2.34. The van der Waals surface area contributed by atoms with Crippen molar-refractivity contribution in [1.29, 1.82) is 0 Å². The Morgan fingerprint density at radius 3 is 2.84 bits per heavy atom. The van der Waals surface area contributed by atoms with Crippen LogP contribution in [-0.2, 0) is 4.79 Å². The van der Waals surface area contributed by atoms with Crippen molar-refractivity contribution in [1.82, 2.24) is 5.32 Å². The molecule has 1 aromatic carbocycles. The van der Waals surface area contributed by atoms with E-state index in [-0.39, 0.29) is 5.91 Å². The second-order valence-corrected chi connectivity index (χ2v) is 5.75. The first kappa shape index (κ1) is 16.2. The fourth-order valence-electron chi connectivity index (χ4n) is 1.84. The normalized spacial score (nSPS) is 12.2. The largest absolute Gasteiger partial charge is 0.325 e. The molecule has 0 saturated heterocycles. The molecule has 4 heteroatoms. The maximum absolute atomic E-state index is 11.8. The van der Waals surface area contributed by atoms with Crippen molar-refractivity contribution >= 4 is 27.5 Å². The van der Waals surface area contributed by atoms with Gasteiger partial charge in [-0.05, 0) is 31.5 Å². The van der Waals surface area contributed by atoms with Gasteiger partial charge in [0.1, 0.15) is 0 Å². The van der Waals surface area contributed by atoms with Crippen molar-refractivity contribution in [2.45, 2.75) is 45.6 Å². The molecule has 0 fully saturated rings. The molecule has 0 aliphatic carbocycles. The Balaban J connectivity index is 2.24. The van der Waals surface area contributed by atoms with Crippen LogP contribution in [0.3, 0.4) is 0 Å². The molecule has 0 saturated carbocycles. The number of benzene rings is 1. The van der Waals surface area contributed by atoms with Gasteiger partial charge in [0.25, 0.3) is 0 Å². The van der Waals surface area contributed by atoms with Gasteiger partial charge >= 0.3 is 0 Å². The molecule has 0 aromatic heterocycles. The lowest BCUT2D eigenvalue weighted by atomic mass is 10.1. The summed E-state index contributed by atoms with van der Waals surface area (Å²) in [5, 5.41) is 6.13. The molecule has 0 aliphatic heterocycles. The van der Waals surface area contributed by atoms with Gasteiger partial charge in [-0.1, -0.05) is 48.2 Å². The van der Waals surface area contributed by atoms with Crippen LogP contribution >= 0.6 is 15.9 Å². The summed E-state index contributed by atoms with van der Waals surface area (Å²) < 4.78 is 0.964. The van der Waals surface area contributed by atoms with Gasteiger partial charge < -0.3 is 10.6 Å². The molecule has 19 heavy (non-hydrogen) atoms. The highest BCUT2D eigenvalue weighted by Gasteiger charge is 2.05. The van der Waals surface area contributed by atoms with Crippen LogP contribution < -0.4 is 10.6 Å². The highest BCUT2D eigenvalue weighted by atomic mass is 79.9. The van der Waals surface area contributed by atoms with Crippen LogP contribution in [0, 0.1) is 0 Å². The van der Waals surface area contributed by atoms with E-state index in [1.807, 2.05) is 24.3 Å². The summed E-state index contributed by atoms with van der Waals surface area (Å²) in [7, 11) is 0. The zero-order chi connectivity index (χ0) is 14.1. The van der Waals surface area contributed by atoms with Crippen LogP contribution in [0.1, 0.15) is 39.5 Å². The van der Waals surface area contributed by atoms with Crippen LogP contribution in [0.4, 0.5) is 5.69 Å². The van der Waals surface area contributed by atoms with E-state index >= 15 is 0 Å². The molecule has 0 radical (unpaired) electrons. The van der Waals surface area contributed by atoms with E-state index in [1.165, 1.54) is 19.3 Å². The topological polar surface area (TPSA) is 41.1 Å². The van der Waals surface area contributed by atoms with E-state index in [0.717, 1.165) is 16.6 Å². The number of anilines is 1. The molecule has 1 atom stereocenters. The Morgan fingerprint density at radius 1 is 1.37 bits per heavy atom. The van der Waals surface area contributed by atoms with Gasteiger partial charge in [0.05, 0.1) is 6.54 Å². The zero-order valence-corrected chi connectivity index (χ0v) is 13.3. The highest BCUT2D eigenvalue weighted by Crippen LogP contribution is 2.15. The molecule has 0 aliphatic rings. The van der Waals surface area contributed by atoms with Gasteiger partial charge in [0.15, 0.2) is 0 Å². The Labute approximate surface area is 124 Å². The quantitative estimate of drug-likeness (QED) is 0.710. The van der Waals surface area contributed by atoms with E-state index in [2.05, 4.69) is 40.4 Å². The smallest absolute Gasteiger partial charge is 0.238 e. The van der Waals surface area contributed by atoms with Crippen molar-refractivity contribution in [3.8, 4) is 0 Å². The van der Waals surface area contributed by atoms with E-state index in [0.29, 0.717) is 12.6 Å². The standard InChI is InChI=1S/C15H23BrN2O/c1-3-4-5-7-12(2)17-11-15(19)18-14-9-6-8-13(16)10-14/h6,8-10,12,17H,3-5,7,11H2,1-2H3,(H,18,19). The summed E-state index contributed by atoms with van der Waals surface area (Å²) in [6.07, 6.45) is 4.84. The van der Waals surface area contributed by atoms with Gasteiger partial charge in [-0.25, -0.2) is 0 Å². The first-order valence-electron chi connectivity index (χ1n) is 6.90. The molecule has 1 amide bonds.